The van der Waals surface area contributed by atoms with Gasteiger partial charge in [0.2, 0.25) is 0 Å². The summed E-state index contributed by atoms with van der Waals surface area (Å²) >= 11 is 3.48. The molecule has 1 aromatic heterocycles. The molecule has 2 fully saturated rings. The van der Waals surface area contributed by atoms with Crippen LogP contribution < -0.4 is 5.32 Å². The number of fused-ring (bicyclic) bond motifs is 1. The Morgan fingerprint density at radius 1 is 1.50 bits per heavy atom. The monoisotopic (exact) mass is 339 g/mol. The second kappa shape index (κ2) is 5.98. The van der Waals surface area contributed by atoms with E-state index in [4.69, 9.17) is 0 Å². The largest absolute Gasteiger partial charge is 0.304 e. The first-order valence-corrected chi connectivity index (χ1v) is 8.51. The lowest BCUT2D eigenvalue weighted by molar-refractivity contribution is 0.0937. The van der Waals surface area contributed by atoms with Crippen LogP contribution in [0.25, 0.3) is 0 Å². The molecule has 2 heterocycles. The zero-order chi connectivity index (χ0) is 14.1. The van der Waals surface area contributed by atoms with E-state index in [0.29, 0.717) is 12.0 Å². The summed E-state index contributed by atoms with van der Waals surface area (Å²) in [5.41, 5.74) is 0.739. The third kappa shape index (κ3) is 2.58. The molecule has 3 rings (SSSR count). The van der Waals surface area contributed by atoms with Gasteiger partial charge in [-0.15, -0.1) is 0 Å². The molecular weight excluding hydrogens is 318 g/mol. The molecule has 0 aromatic carbocycles. The molecule has 0 amide bonds. The van der Waals surface area contributed by atoms with Crippen molar-refractivity contribution in [3.05, 3.63) is 16.4 Å². The number of hydrogen-bond acceptors (Lipinski definition) is 3. The Bertz CT molecular complexity index is 485. The fourth-order valence-corrected chi connectivity index (χ4v) is 4.17. The van der Waals surface area contributed by atoms with E-state index < -0.39 is 0 Å². The molecule has 2 aliphatic rings. The van der Waals surface area contributed by atoms with Crippen LogP contribution in [0.15, 0.2) is 10.7 Å². The molecule has 5 heteroatoms. The zero-order valence-corrected chi connectivity index (χ0v) is 13.5. The van der Waals surface area contributed by atoms with Gasteiger partial charge in [-0.3, -0.25) is 9.48 Å². The van der Waals surface area contributed by atoms with Gasteiger partial charge in [0.05, 0.1) is 16.7 Å². The summed E-state index contributed by atoms with van der Waals surface area (Å²) in [4.78, 5) is 12.8. The lowest BCUT2D eigenvalue weighted by atomic mass is 9.84. The van der Waals surface area contributed by atoms with Crippen molar-refractivity contribution >= 4 is 21.7 Å². The molecule has 1 aliphatic carbocycles. The molecule has 3 atom stereocenters. The van der Waals surface area contributed by atoms with Crippen LogP contribution in [0, 0.1) is 5.92 Å². The van der Waals surface area contributed by atoms with E-state index in [0.717, 1.165) is 29.6 Å². The second-order valence-corrected chi connectivity index (χ2v) is 6.89. The molecule has 1 N–H and O–H groups in total. The number of halogens is 1. The molecule has 1 aromatic rings. The molecule has 0 radical (unpaired) electrons. The Hall–Kier alpha value is -0.680. The predicted molar refractivity (Wildman–Crippen MR) is 81.8 cm³/mol. The number of nitrogens with zero attached hydrogens (tertiary/aromatic N) is 2. The van der Waals surface area contributed by atoms with Crippen molar-refractivity contribution in [1.82, 2.24) is 15.1 Å². The number of rotatable bonds is 4. The van der Waals surface area contributed by atoms with Gasteiger partial charge in [0.15, 0.2) is 5.78 Å². The molecule has 110 valence electrons. The summed E-state index contributed by atoms with van der Waals surface area (Å²) in [5, 5.41) is 7.88. The van der Waals surface area contributed by atoms with E-state index in [-0.39, 0.29) is 11.8 Å². The van der Waals surface area contributed by atoms with Crippen molar-refractivity contribution in [2.45, 2.75) is 64.1 Å². The average Bonchev–Trinajstić information content (AvgIpc) is 3.02. The molecule has 0 bridgehead atoms. The van der Waals surface area contributed by atoms with Gasteiger partial charge in [-0.2, -0.15) is 5.10 Å². The standard InChI is InChI=1S/C15H22BrN3O/c1-2-7-19-14(11(16)9-17-19)15(20)13-8-10-5-3-4-6-12(10)18-13/h9-10,12-13,18H,2-8H2,1H3. The number of carbonyl (C=O) groups excluding carboxylic acids is 1. The van der Waals surface area contributed by atoms with Crippen LogP contribution in [0.2, 0.25) is 0 Å². The van der Waals surface area contributed by atoms with Crippen molar-refractivity contribution in [3.63, 3.8) is 0 Å². The summed E-state index contributed by atoms with van der Waals surface area (Å²) in [6.07, 6.45) is 8.84. The fraction of sp³-hybridized carbons (Fsp3) is 0.733. The quantitative estimate of drug-likeness (QED) is 0.857. The minimum absolute atomic E-state index is 0.0216. The summed E-state index contributed by atoms with van der Waals surface area (Å²) in [6, 6.07) is 0.533. The number of Topliss-reactive ketones (excluding diaryl/α,β-unsaturated/α-hetero) is 1. The van der Waals surface area contributed by atoms with Crippen molar-refractivity contribution in [2.24, 2.45) is 5.92 Å². The van der Waals surface area contributed by atoms with Gasteiger partial charge < -0.3 is 5.32 Å². The van der Waals surface area contributed by atoms with Crippen molar-refractivity contribution < 1.29 is 4.79 Å². The zero-order valence-electron chi connectivity index (χ0n) is 11.9. The third-order valence-corrected chi connectivity index (χ3v) is 5.22. The lowest BCUT2D eigenvalue weighted by Crippen LogP contribution is -2.38. The van der Waals surface area contributed by atoms with Crippen LogP contribution in [-0.2, 0) is 6.54 Å². The summed E-state index contributed by atoms with van der Waals surface area (Å²) in [6.45, 7) is 2.90. The lowest BCUT2D eigenvalue weighted by Gasteiger charge is -2.24. The van der Waals surface area contributed by atoms with Gasteiger partial charge >= 0.3 is 0 Å². The first kappa shape index (κ1) is 14.3. The van der Waals surface area contributed by atoms with Gasteiger partial charge in [-0.05, 0) is 47.5 Å². The van der Waals surface area contributed by atoms with E-state index in [1.165, 1.54) is 25.7 Å². The van der Waals surface area contributed by atoms with Crippen LogP contribution >= 0.6 is 15.9 Å². The highest BCUT2D eigenvalue weighted by molar-refractivity contribution is 9.10. The Morgan fingerprint density at radius 2 is 2.30 bits per heavy atom. The molecule has 4 nitrogen and oxygen atoms in total. The first-order valence-electron chi connectivity index (χ1n) is 7.72. The Kier molecular flexibility index (Phi) is 4.26. The summed E-state index contributed by atoms with van der Waals surface area (Å²) in [5.74, 6) is 0.899. The smallest absolute Gasteiger partial charge is 0.198 e. The summed E-state index contributed by atoms with van der Waals surface area (Å²) in [7, 11) is 0. The topological polar surface area (TPSA) is 46.9 Å². The molecule has 3 unspecified atom stereocenters. The van der Waals surface area contributed by atoms with Crippen molar-refractivity contribution in [1.29, 1.82) is 0 Å². The minimum Gasteiger partial charge on any atom is -0.304 e. The molecule has 1 aliphatic heterocycles. The molecular formula is C15H22BrN3O. The van der Waals surface area contributed by atoms with Crippen LogP contribution in [0.5, 0.6) is 0 Å². The second-order valence-electron chi connectivity index (χ2n) is 6.03. The van der Waals surface area contributed by atoms with Crippen molar-refractivity contribution in [2.75, 3.05) is 0 Å². The third-order valence-electron chi connectivity index (χ3n) is 4.64. The van der Waals surface area contributed by atoms with Crippen LogP contribution in [0.4, 0.5) is 0 Å². The molecule has 1 saturated carbocycles. The highest BCUT2D eigenvalue weighted by atomic mass is 79.9. The Labute approximate surface area is 128 Å². The number of ketones is 1. The normalized spacial score (nSPS) is 29.4. The molecule has 20 heavy (non-hydrogen) atoms. The Morgan fingerprint density at radius 3 is 3.05 bits per heavy atom. The van der Waals surface area contributed by atoms with Gasteiger partial charge in [-0.25, -0.2) is 0 Å². The number of aromatic nitrogens is 2. The van der Waals surface area contributed by atoms with Gasteiger partial charge in [-0.1, -0.05) is 19.8 Å². The number of carbonyl (C=O) groups is 1. The van der Waals surface area contributed by atoms with E-state index in [2.05, 4.69) is 33.3 Å². The summed E-state index contributed by atoms with van der Waals surface area (Å²) < 4.78 is 2.67. The SMILES string of the molecule is CCCn1ncc(Br)c1C(=O)C1CC2CCCCC2N1. The first-order chi connectivity index (χ1) is 9.70. The number of hydrogen-bond donors (Lipinski definition) is 1. The Balaban J connectivity index is 1.78. The average molecular weight is 340 g/mol. The van der Waals surface area contributed by atoms with E-state index >= 15 is 0 Å². The highest BCUT2D eigenvalue weighted by Crippen LogP contribution is 2.34. The molecule has 1 saturated heterocycles. The van der Waals surface area contributed by atoms with Crippen LogP contribution in [-0.4, -0.2) is 27.6 Å². The highest BCUT2D eigenvalue weighted by Gasteiger charge is 2.39. The van der Waals surface area contributed by atoms with Crippen LogP contribution in [0.1, 0.15) is 55.9 Å². The maximum absolute atomic E-state index is 12.8. The van der Waals surface area contributed by atoms with E-state index in [9.17, 15) is 4.79 Å². The van der Waals surface area contributed by atoms with Gasteiger partial charge in [0, 0.05) is 12.6 Å². The van der Waals surface area contributed by atoms with Crippen molar-refractivity contribution in [3.8, 4) is 0 Å². The van der Waals surface area contributed by atoms with Gasteiger partial charge in [0.1, 0.15) is 5.69 Å². The maximum atomic E-state index is 12.8. The van der Waals surface area contributed by atoms with Gasteiger partial charge in [0.25, 0.3) is 0 Å². The minimum atomic E-state index is -0.0216. The molecule has 0 spiro atoms. The van der Waals surface area contributed by atoms with E-state index in [1.54, 1.807) is 6.20 Å². The van der Waals surface area contributed by atoms with Crippen LogP contribution in [0.3, 0.4) is 0 Å². The predicted octanol–water partition coefficient (Wildman–Crippen LogP) is 3.16. The number of nitrogens with one attached hydrogen (secondary N) is 1. The fourth-order valence-electron chi connectivity index (χ4n) is 3.67. The maximum Gasteiger partial charge on any atom is 0.198 e. The number of aryl methyl sites for hydroxylation is 1. The van der Waals surface area contributed by atoms with E-state index in [1.807, 2.05) is 4.68 Å².